The van der Waals surface area contributed by atoms with Gasteiger partial charge in [-0.2, -0.15) is 0 Å². The zero-order chi connectivity index (χ0) is 10.2. The minimum atomic E-state index is -0.730. The summed E-state index contributed by atoms with van der Waals surface area (Å²) in [4.78, 5) is 11.0. The molecule has 0 saturated heterocycles. The summed E-state index contributed by atoms with van der Waals surface area (Å²) in [6, 6.07) is 8.70. The van der Waals surface area contributed by atoms with Gasteiger partial charge in [-0.1, -0.05) is 18.2 Å². The van der Waals surface area contributed by atoms with Gasteiger partial charge in [0.1, 0.15) is 12.4 Å². The van der Waals surface area contributed by atoms with Crippen molar-refractivity contribution in [2.45, 2.75) is 6.42 Å². The van der Waals surface area contributed by atoms with Crippen LogP contribution in [0.3, 0.4) is 0 Å². The standard InChI is InChI=1S/C11H10O3/c1-2-3-9-13-11(12)14-10-7-5-4-6-8-10/h1,4-8H,3,9H2. The highest BCUT2D eigenvalue weighted by Crippen LogP contribution is 2.08. The lowest BCUT2D eigenvalue weighted by atomic mass is 10.3. The van der Waals surface area contributed by atoms with Crippen molar-refractivity contribution in [1.82, 2.24) is 0 Å². The topological polar surface area (TPSA) is 35.5 Å². The molecule has 0 radical (unpaired) electrons. The van der Waals surface area contributed by atoms with Gasteiger partial charge in [-0.05, 0) is 12.1 Å². The first-order chi connectivity index (χ1) is 6.83. The summed E-state index contributed by atoms with van der Waals surface area (Å²) in [5.41, 5.74) is 0. The Kier molecular flexibility index (Phi) is 4.09. The quantitative estimate of drug-likeness (QED) is 0.317. The van der Waals surface area contributed by atoms with Crippen molar-refractivity contribution in [3.8, 4) is 18.1 Å². The highest BCUT2D eigenvalue weighted by Gasteiger charge is 2.03. The molecule has 0 aromatic heterocycles. The lowest BCUT2D eigenvalue weighted by Gasteiger charge is -2.03. The Morgan fingerprint density at radius 3 is 2.71 bits per heavy atom. The van der Waals surface area contributed by atoms with Crippen LogP contribution in [-0.2, 0) is 4.74 Å². The Labute approximate surface area is 82.6 Å². The summed E-state index contributed by atoms with van der Waals surface area (Å²) >= 11 is 0. The second-order valence-electron chi connectivity index (χ2n) is 2.47. The number of ether oxygens (including phenoxy) is 2. The molecule has 1 aromatic carbocycles. The van der Waals surface area contributed by atoms with Gasteiger partial charge in [0.25, 0.3) is 0 Å². The van der Waals surface area contributed by atoms with Gasteiger partial charge in [0.15, 0.2) is 0 Å². The molecule has 1 aromatic rings. The number of carbonyl (C=O) groups excluding carboxylic acids is 1. The minimum absolute atomic E-state index is 0.183. The van der Waals surface area contributed by atoms with Gasteiger partial charge >= 0.3 is 6.16 Å². The molecule has 14 heavy (non-hydrogen) atoms. The van der Waals surface area contributed by atoms with Crippen molar-refractivity contribution >= 4 is 6.16 Å². The summed E-state index contributed by atoms with van der Waals surface area (Å²) in [5.74, 6) is 2.81. The van der Waals surface area contributed by atoms with Crippen LogP contribution in [0.25, 0.3) is 0 Å². The van der Waals surface area contributed by atoms with Crippen molar-refractivity contribution in [3.63, 3.8) is 0 Å². The van der Waals surface area contributed by atoms with Gasteiger partial charge in [0.05, 0.1) is 0 Å². The molecule has 0 atom stereocenters. The number of rotatable bonds is 3. The summed E-state index contributed by atoms with van der Waals surface area (Å²) in [6.45, 7) is 0.183. The predicted octanol–water partition coefficient (Wildman–Crippen LogP) is 2.23. The molecule has 0 N–H and O–H groups in total. The molecule has 1 rings (SSSR count). The van der Waals surface area contributed by atoms with Crippen molar-refractivity contribution in [3.05, 3.63) is 30.3 Å². The molecular weight excluding hydrogens is 180 g/mol. The Hall–Kier alpha value is -1.95. The molecule has 72 valence electrons. The number of benzene rings is 1. The van der Waals surface area contributed by atoms with E-state index in [1.807, 2.05) is 6.07 Å². The van der Waals surface area contributed by atoms with E-state index in [4.69, 9.17) is 11.2 Å². The van der Waals surface area contributed by atoms with E-state index in [1.165, 1.54) is 0 Å². The third-order valence-electron chi connectivity index (χ3n) is 1.41. The van der Waals surface area contributed by atoms with E-state index in [0.717, 1.165) is 0 Å². The normalized spacial score (nSPS) is 8.79. The maximum atomic E-state index is 11.0. The van der Waals surface area contributed by atoms with Gasteiger partial charge in [-0.25, -0.2) is 4.79 Å². The van der Waals surface area contributed by atoms with Crippen LogP contribution in [0.4, 0.5) is 4.79 Å². The fourth-order valence-corrected chi connectivity index (χ4v) is 0.808. The largest absolute Gasteiger partial charge is 0.513 e. The number of hydrogen-bond donors (Lipinski definition) is 0. The molecule has 0 amide bonds. The van der Waals surface area contributed by atoms with E-state index in [0.29, 0.717) is 12.2 Å². The van der Waals surface area contributed by atoms with Crippen LogP contribution >= 0.6 is 0 Å². The molecule has 0 bridgehead atoms. The molecule has 0 saturated carbocycles. The lowest BCUT2D eigenvalue weighted by Crippen LogP contribution is -2.10. The number of terminal acetylenes is 1. The Morgan fingerprint density at radius 2 is 2.07 bits per heavy atom. The summed E-state index contributed by atoms with van der Waals surface area (Å²) in [7, 11) is 0. The van der Waals surface area contributed by atoms with Gasteiger partial charge in [-0.15, -0.1) is 12.3 Å². The first-order valence-electron chi connectivity index (χ1n) is 4.16. The van der Waals surface area contributed by atoms with E-state index >= 15 is 0 Å². The van der Waals surface area contributed by atoms with E-state index in [1.54, 1.807) is 24.3 Å². The molecule has 0 unspecified atom stereocenters. The van der Waals surface area contributed by atoms with E-state index in [-0.39, 0.29) is 6.61 Å². The van der Waals surface area contributed by atoms with Crippen LogP contribution < -0.4 is 4.74 Å². The van der Waals surface area contributed by atoms with Crippen LogP contribution in [0.1, 0.15) is 6.42 Å². The highest BCUT2D eigenvalue weighted by molar-refractivity contribution is 5.63. The third kappa shape index (κ3) is 3.63. The maximum Gasteiger partial charge on any atom is 0.513 e. The molecule has 0 aliphatic rings. The second-order valence-corrected chi connectivity index (χ2v) is 2.47. The zero-order valence-electron chi connectivity index (χ0n) is 7.60. The molecular formula is C11H10O3. The average molecular weight is 190 g/mol. The molecule has 0 aliphatic heterocycles. The Bertz CT molecular complexity index is 324. The first-order valence-corrected chi connectivity index (χ1v) is 4.16. The summed E-state index contributed by atoms with van der Waals surface area (Å²) < 4.78 is 9.51. The zero-order valence-corrected chi connectivity index (χ0v) is 7.60. The molecule has 0 fully saturated rings. The van der Waals surface area contributed by atoms with Gasteiger partial charge < -0.3 is 9.47 Å². The molecule has 0 spiro atoms. The average Bonchev–Trinajstić information content (AvgIpc) is 2.20. The number of carbonyl (C=O) groups is 1. The van der Waals surface area contributed by atoms with Crippen LogP contribution in [-0.4, -0.2) is 12.8 Å². The van der Waals surface area contributed by atoms with Crippen molar-refractivity contribution in [1.29, 1.82) is 0 Å². The fraction of sp³-hybridized carbons (Fsp3) is 0.182. The molecule has 0 aliphatic carbocycles. The van der Waals surface area contributed by atoms with Crippen molar-refractivity contribution in [2.75, 3.05) is 6.61 Å². The van der Waals surface area contributed by atoms with E-state index in [2.05, 4.69) is 10.7 Å². The molecule has 0 heterocycles. The van der Waals surface area contributed by atoms with Crippen LogP contribution in [0, 0.1) is 12.3 Å². The van der Waals surface area contributed by atoms with Gasteiger partial charge in [0.2, 0.25) is 0 Å². The van der Waals surface area contributed by atoms with Crippen LogP contribution in [0.15, 0.2) is 30.3 Å². The van der Waals surface area contributed by atoms with E-state index in [9.17, 15) is 4.79 Å². The SMILES string of the molecule is C#CCCOC(=O)Oc1ccccc1. The fourth-order valence-electron chi connectivity index (χ4n) is 0.808. The van der Waals surface area contributed by atoms with Gasteiger partial charge in [0, 0.05) is 6.42 Å². The number of hydrogen-bond acceptors (Lipinski definition) is 3. The third-order valence-corrected chi connectivity index (χ3v) is 1.41. The lowest BCUT2D eigenvalue weighted by molar-refractivity contribution is 0.101. The summed E-state index contributed by atoms with van der Waals surface area (Å²) in [6.07, 6.45) is 4.65. The van der Waals surface area contributed by atoms with Crippen molar-refractivity contribution in [2.24, 2.45) is 0 Å². The minimum Gasteiger partial charge on any atom is -0.433 e. The Morgan fingerprint density at radius 1 is 1.36 bits per heavy atom. The van der Waals surface area contributed by atoms with E-state index < -0.39 is 6.16 Å². The van der Waals surface area contributed by atoms with Gasteiger partial charge in [-0.3, -0.25) is 0 Å². The van der Waals surface area contributed by atoms with Crippen LogP contribution in [0.2, 0.25) is 0 Å². The smallest absolute Gasteiger partial charge is 0.433 e. The maximum absolute atomic E-state index is 11.0. The monoisotopic (exact) mass is 190 g/mol. The summed E-state index contributed by atoms with van der Waals surface area (Å²) in [5, 5.41) is 0. The van der Waals surface area contributed by atoms with Crippen molar-refractivity contribution < 1.29 is 14.3 Å². The Balaban J connectivity index is 2.32. The molecule has 3 heteroatoms. The predicted molar refractivity (Wildman–Crippen MR) is 51.9 cm³/mol. The number of para-hydroxylation sites is 1. The first kappa shape index (κ1) is 10.1. The molecule has 3 nitrogen and oxygen atoms in total. The van der Waals surface area contributed by atoms with Crippen LogP contribution in [0.5, 0.6) is 5.75 Å². The second kappa shape index (κ2) is 5.65. The highest BCUT2D eigenvalue weighted by atomic mass is 16.7.